The smallest absolute Gasteiger partial charge is 0.272 e. The SMILES string of the molecule is O=C(NNS(=O)(=O)c1cc(Br)ccc1Br)c1ccc2ccccc2n1. The van der Waals surface area contributed by atoms with E-state index in [4.69, 9.17) is 0 Å². The van der Waals surface area contributed by atoms with E-state index in [2.05, 4.69) is 47.1 Å². The van der Waals surface area contributed by atoms with Gasteiger partial charge in [0.05, 0.1) is 10.4 Å². The Bertz CT molecular complexity index is 1070. The van der Waals surface area contributed by atoms with Crippen molar-refractivity contribution in [2.45, 2.75) is 4.90 Å². The second kappa shape index (κ2) is 7.20. The van der Waals surface area contributed by atoms with Crippen molar-refractivity contribution in [3.05, 3.63) is 69.2 Å². The number of halogens is 2. The van der Waals surface area contributed by atoms with Gasteiger partial charge in [-0.1, -0.05) is 40.2 Å². The van der Waals surface area contributed by atoms with E-state index in [1.165, 1.54) is 12.1 Å². The van der Waals surface area contributed by atoms with Crippen LogP contribution >= 0.6 is 31.9 Å². The van der Waals surface area contributed by atoms with E-state index in [-0.39, 0.29) is 10.6 Å². The second-order valence-corrected chi connectivity index (χ2v) is 8.44. The number of nitrogens with one attached hydrogen (secondary N) is 2. The summed E-state index contributed by atoms with van der Waals surface area (Å²) in [7, 11) is -3.95. The second-order valence-electron chi connectivity index (χ2n) is 5.02. The van der Waals surface area contributed by atoms with Crippen LogP contribution in [0.3, 0.4) is 0 Å². The third-order valence-corrected chi connectivity index (χ3v) is 6.05. The minimum absolute atomic E-state index is 0.00588. The normalized spacial score (nSPS) is 11.4. The zero-order valence-corrected chi connectivity index (χ0v) is 16.5. The summed E-state index contributed by atoms with van der Waals surface area (Å²) in [6.45, 7) is 0. The molecule has 3 aromatic rings. The lowest BCUT2D eigenvalue weighted by Gasteiger charge is -2.10. The number of carbonyl (C=O) groups excluding carboxylic acids is 1. The molecule has 0 aliphatic heterocycles. The molecule has 9 heteroatoms. The van der Waals surface area contributed by atoms with E-state index in [9.17, 15) is 13.2 Å². The molecule has 0 bridgehead atoms. The van der Waals surface area contributed by atoms with Gasteiger partial charge in [-0.25, -0.2) is 13.4 Å². The highest BCUT2D eigenvalue weighted by Gasteiger charge is 2.19. The molecule has 1 heterocycles. The summed E-state index contributed by atoms with van der Waals surface area (Å²) in [4.78, 5) is 18.5. The number of hydrazine groups is 1. The Morgan fingerprint density at radius 2 is 1.76 bits per heavy atom. The summed E-state index contributed by atoms with van der Waals surface area (Å²) in [5.74, 6) is -0.652. The highest BCUT2D eigenvalue weighted by Crippen LogP contribution is 2.25. The molecule has 0 saturated heterocycles. The maximum absolute atomic E-state index is 12.4. The van der Waals surface area contributed by atoms with Crippen molar-refractivity contribution in [2.24, 2.45) is 0 Å². The van der Waals surface area contributed by atoms with Crippen LogP contribution in [0.5, 0.6) is 0 Å². The van der Waals surface area contributed by atoms with E-state index in [1.807, 2.05) is 18.2 Å². The molecule has 0 atom stereocenters. The minimum atomic E-state index is -3.95. The lowest BCUT2D eigenvalue weighted by atomic mass is 10.2. The van der Waals surface area contributed by atoms with Crippen molar-refractivity contribution in [2.75, 3.05) is 0 Å². The van der Waals surface area contributed by atoms with Crippen LogP contribution in [0.15, 0.2) is 68.4 Å². The van der Waals surface area contributed by atoms with Gasteiger partial charge in [0.2, 0.25) is 0 Å². The summed E-state index contributed by atoms with van der Waals surface area (Å²) in [5, 5.41) is 0.887. The van der Waals surface area contributed by atoms with Gasteiger partial charge in [-0.15, -0.1) is 4.83 Å². The molecule has 2 aromatic carbocycles. The van der Waals surface area contributed by atoms with Gasteiger partial charge in [0, 0.05) is 14.3 Å². The topological polar surface area (TPSA) is 88.2 Å². The molecule has 0 radical (unpaired) electrons. The number of benzene rings is 2. The summed E-state index contributed by atoms with van der Waals surface area (Å²) in [5.41, 5.74) is 2.93. The number of carbonyl (C=O) groups is 1. The Kier molecular flexibility index (Phi) is 5.19. The number of rotatable bonds is 4. The van der Waals surface area contributed by atoms with Gasteiger partial charge in [0.15, 0.2) is 0 Å². The van der Waals surface area contributed by atoms with Crippen molar-refractivity contribution >= 4 is 58.7 Å². The Morgan fingerprint density at radius 3 is 2.56 bits per heavy atom. The molecule has 0 unspecified atom stereocenters. The van der Waals surface area contributed by atoms with E-state index in [0.717, 1.165) is 5.39 Å². The number of pyridine rings is 1. The molecule has 0 aliphatic carbocycles. The van der Waals surface area contributed by atoms with Gasteiger partial charge in [0.1, 0.15) is 5.69 Å². The van der Waals surface area contributed by atoms with Crippen LogP contribution in [0.1, 0.15) is 10.5 Å². The fourth-order valence-electron chi connectivity index (χ4n) is 2.11. The predicted molar refractivity (Wildman–Crippen MR) is 101 cm³/mol. The van der Waals surface area contributed by atoms with E-state index in [0.29, 0.717) is 14.5 Å². The van der Waals surface area contributed by atoms with Gasteiger partial charge >= 0.3 is 0 Å². The highest BCUT2D eigenvalue weighted by molar-refractivity contribution is 9.11. The molecule has 0 saturated carbocycles. The number of nitrogens with zero attached hydrogens (tertiary/aromatic N) is 1. The first kappa shape index (κ1) is 18.0. The van der Waals surface area contributed by atoms with Gasteiger partial charge in [0.25, 0.3) is 15.9 Å². The number of fused-ring (bicyclic) bond motifs is 1. The average Bonchev–Trinajstić information content (AvgIpc) is 2.61. The molecule has 25 heavy (non-hydrogen) atoms. The van der Waals surface area contributed by atoms with Gasteiger partial charge in [-0.3, -0.25) is 10.2 Å². The predicted octanol–water partition coefficient (Wildman–Crippen LogP) is 3.38. The van der Waals surface area contributed by atoms with Crippen molar-refractivity contribution in [3.63, 3.8) is 0 Å². The summed E-state index contributed by atoms with van der Waals surface area (Å²) in [6.07, 6.45) is 0. The number of hydrogen-bond donors (Lipinski definition) is 2. The molecule has 0 spiro atoms. The third-order valence-electron chi connectivity index (χ3n) is 3.31. The standard InChI is InChI=1S/C16H11Br2N3O3S/c17-11-6-7-12(18)15(9-11)25(23,24)21-20-16(22)14-8-5-10-3-1-2-4-13(10)19-14/h1-9,21H,(H,20,22). The fraction of sp³-hybridized carbons (Fsp3) is 0. The molecule has 1 aromatic heterocycles. The van der Waals surface area contributed by atoms with Crippen LogP contribution in [0.2, 0.25) is 0 Å². The van der Waals surface area contributed by atoms with Crippen LogP contribution in [0.25, 0.3) is 10.9 Å². The lowest BCUT2D eigenvalue weighted by molar-refractivity contribution is 0.0940. The summed E-state index contributed by atoms with van der Waals surface area (Å²) in [6, 6.07) is 15.3. The number of para-hydroxylation sites is 1. The summed E-state index contributed by atoms with van der Waals surface area (Å²) >= 11 is 6.40. The van der Waals surface area contributed by atoms with E-state index < -0.39 is 15.9 Å². The van der Waals surface area contributed by atoms with E-state index in [1.54, 1.807) is 24.3 Å². The zero-order chi connectivity index (χ0) is 18.0. The zero-order valence-electron chi connectivity index (χ0n) is 12.5. The number of hydrogen-bond acceptors (Lipinski definition) is 4. The molecular weight excluding hydrogens is 474 g/mol. The van der Waals surface area contributed by atoms with Crippen molar-refractivity contribution in [1.29, 1.82) is 0 Å². The number of sulfonamides is 1. The molecule has 3 rings (SSSR count). The van der Waals surface area contributed by atoms with Crippen LogP contribution in [0.4, 0.5) is 0 Å². The highest BCUT2D eigenvalue weighted by atomic mass is 79.9. The fourth-order valence-corrected chi connectivity index (χ4v) is 4.45. The Hall–Kier alpha value is -1.81. The molecule has 1 amide bonds. The molecule has 128 valence electrons. The molecule has 0 aliphatic rings. The van der Waals surface area contributed by atoms with Crippen LogP contribution in [0, 0.1) is 0 Å². The first-order chi connectivity index (χ1) is 11.9. The Morgan fingerprint density at radius 1 is 1.00 bits per heavy atom. The van der Waals surface area contributed by atoms with E-state index >= 15 is 0 Å². The minimum Gasteiger partial charge on any atom is -0.272 e. The largest absolute Gasteiger partial charge is 0.284 e. The maximum atomic E-state index is 12.4. The first-order valence-corrected chi connectivity index (χ1v) is 10.1. The lowest BCUT2D eigenvalue weighted by Crippen LogP contribution is -2.42. The van der Waals surface area contributed by atoms with Crippen LogP contribution < -0.4 is 10.3 Å². The maximum Gasteiger partial charge on any atom is 0.284 e. The number of amides is 1. The molecule has 2 N–H and O–H groups in total. The van der Waals surface area contributed by atoms with Gasteiger partial charge < -0.3 is 0 Å². The van der Waals surface area contributed by atoms with Crippen molar-refractivity contribution < 1.29 is 13.2 Å². The molecule has 6 nitrogen and oxygen atoms in total. The summed E-state index contributed by atoms with van der Waals surface area (Å²) < 4.78 is 25.7. The average molecular weight is 485 g/mol. The van der Waals surface area contributed by atoms with Crippen LogP contribution in [-0.2, 0) is 10.0 Å². The van der Waals surface area contributed by atoms with Gasteiger partial charge in [-0.05, 0) is 46.3 Å². The Labute approximate surface area is 160 Å². The third kappa shape index (κ3) is 4.06. The van der Waals surface area contributed by atoms with Crippen molar-refractivity contribution in [3.8, 4) is 0 Å². The quantitative estimate of drug-likeness (QED) is 0.555. The molecular formula is C16H11Br2N3O3S. The first-order valence-electron chi connectivity index (χ1n) is 7.00. The van der Waals surface area contributed by atoms with Crippen molar-refractivity contribution in [1.82, 2.24) is 15.2 Å². The monoisotopic (exact) mass is 483 g/mol. The molecule has 0 fully saturated rings. The van der Waals surface area contributed by atoms with Gasteiger partial charge in [-0.2, -0.15) is 0 Å². The Balaban J connectivity index is 1.79. The number of aromatic nitrogens is 1. The van der Waals surface area contributed by atoms with Crippen LogP contribution in [-0.4, -0.2) is 19.3 Å².